The Morgan fingerprint density at radius 3 is 2.40 bits per heavy atom. The molecule has 5 heteroatoms. The van der Waals surface area contributed by atoms with E-state index in [4.69, 9.17) is 9.16 Å². The molecule has 0 aliphatic carbocycles. The van der Waals surface area contributed by atoms with Crippen molar-refractivity contribution >= 4 is 30.2 Å². The van der Waals surface area contributed by atoms with Crippen LogP contribution in [0.25, 0.3) is 0 Å². The summed E-state index contributed by atoms with van der Waals surface area (Å²) in [6.45, 7) is 11.0. The lowest BCUT2D eigenvalue weighted by molar-refractivity contribution is -0.139. The van der Waals surface area contributed by atoms with Crippen molar-refractivity contribution in [2.24, 2.45) is 0 Å². The van der Waals surface area contributed by atoms with Crippen molar-refractivity contribution in [3.05, 3.63) is 28.2 Å². The summed E-state index contributed by atoms with van der Waals surface area (Å²) >= 11 is 3.46. The highest BCUT2D eigenvalue weighted by molar-refractivity contribution is 9.10. The van der Waals surface area contributed by atoms with Crippen LogP contribution in [0.2, 0.25) is 18.1 Å². The van der Waals surface area contributed by atoms with Crippen molar-refractivity contribution in [3.8, 4) is 5.75 Å². The zero-order chi connectivity index (χ0) is 15.6. The summed E-state index contributed by atoms with van der Waals surface area (Å²) in [5.41, 5.74) is 0.882. The van der Waals surface area contributed by atoms with Crippen molar-refractivity contribution in [2.75, 3.05) is 7.11 Å². The second-order valence-electron chi connectivity index (χ2n) is 6.37. The van der Waals surface area contributed by atoms with Crippen LogP contribution in [0, 0.1) is 0 Å². The van der Waals surface area contributed by atoms with Gasteiger partial charge in [-0.1, -0.05) is 36.7 Å². The number of esters is 1. The number of benzene rings is 1. The van der Waals surface area contributed by atoms with Crippen LogP contribution in [0.3, 0.4) is 0 Å². The molecule has 20 heavy (non-hydrogen) atoms. The van der Waals surface area contributed by atoms with Gasteiger partial charge in [0.25, 0.3) is 0 Å². The molecule has 0 unspecified atom stereocenters. The Hall–Kier alpha value is -0.813. The predicted molar refractivity (Wildman–Crippen MR) is 87.7 cm³/mol. The van der Waals surface area contributed by atoms with Crippen molar-refractivity contribution in [2.45, 2.75) is 45.3 Å². The molecule has 0 aliphatic rings. The van der Waals surface area contributed by atoms with E-state index in [-0.39, 0.29) is 17.4 Å². The van der Waals surface area contributed by atoms with E-state index < -0.39 is 8.32 Å². The van der Waals surface area contributed by atoms with Gasteiger partial charge < -0.3 is 9.16 Å². The smallest absolute Gasteiger partial charge is 0.310 e. The number of halogens is 1. The highest BCUT2D eigenvalue weighted by atomic mass is 79.9. The molecule has 0 amide bonds. The van der Waals surface area contributed by atoms with Gasteiger partial charge in [0.1, 0.15) is 5.75 Å². The lowest BCUT2D eigenvalue weighted by atomic mass is 10.1. The molecule has 1 aromatic rings. The molecule has 1 rings (SSSR count). The molecule has 1 aromatic carbocycles. The Bertz CT molecular complexity index is 492. The Morgan fingerprint density at radius 1 is 1.30 bits per heavy atom. The van der Waals surface area contributed by atoms with Gasteiger partial charge in [0, 0.05) is 4.47 Å². The van der Waals surface area contributed by atoms with Crippen LogP contribution in [-0.4, -0.2) is 21.4 Å². The Kier molecular flexibility index (Phi) is 5.44. The van der Waals surface area contributed by atoms with E-state index in [1.54, 1.807) is 0 Å². The summed E-state index contributed by atoms with van der Waals surface area (Å²) in [6.07, 6.45) is 0.242. The number of hydrogen-bond donors (Lipinski definition) is 0. The molecule has 0 bridgehead atoms. The first-order valence-electron chi connectivity index (χ1n) is 6.61. The van der Waals surface area contributed by atoms with E-state index >= 15 is 0 Å². The average Bonchev–Trinajstić information content (AvgIpc) is 2.31. The lowest BCUT2D eigenvalue weighted by Gasteiger charge is -2.36. The minimum absolute atomic E-state index is 0.141. The molecule has 0 fully saturated rings. The van der Waals surface area contributed by atoms with Crippen LogP contribution in [0.4, 0.5) is 0 Å². The standard InChI is InChI=1S/C15H23BrO3Si/c1-15(2,3)20(5,6)19-12-7-8-13(16)11(9-12)10-14(17)18-4/h7-9H,10H2,1-6H3. The third-order valence-electron chi connectivity index (χ3n) is 3.76. The third kappa shape index (κ3) is 4.35. The Labute approximate surface area is 130 Å². The first-order valence-corrected chi connectivity index (χ1v) is 10.3. The van der Waals surface area contributed by atoms with Crippen molar-refractivity contribution in [1.82, 2.24) is 0 Å². The Morgan fingerprint density at radius 2 is 1.90 bits per heavy atom. The molecule has 112 valence electrons. The number of rotatable bonds is 4. The van der Waals surface area contributed by atoms with E-state index in [0.717, 1.165) is 15.8 Å². The highest BCUT2D eigenvalue weighted by Crippen LogP contribution is 2.38. The monoisotopic (exact) mass is 358 g/mol. The largest absolute Gasteiger partial charge is 0.543 e. The quantitative estimate of drug-likeness (QED) is 0.584. The fourth-order valence-electron chi connectivity index (χ4n) is 1.43. The topological polar surface area (TPSA) is 35.5 Å². The van der Waals surface area contributed by atoms with Gasteiger partial charge in [-0.15, -0.1) is 0 Å². The van der Waals surface area contributed by atoms with Crippen LogP contribution < -0.4 is 4.43 Å². The van der Waals surface area contributed by atoms with Gasteiger partial charge >= 0.3 is 5.97 Å². The third-order valence-corrected chi connectivity index (χ3v) is 8.89. The number of ether oxygens (including phenoxy) is 1. The minimum atomic E-state index is -1.87. The SMILES string of the molecule is COC(=O)Cc1cc(O[Si](C)(C)C(C)(C)C)ccc1Br. The molecule has 0 spiro atoms. The van der Waals surface area contributed by atoms with Crippen LogP contribution in [0.1, 0.15) is 26.3 Å². The van der Waals surface area contributed by atoms with Crippen LogP contribution in [0.15, 0.2) is 22.7 Å². The van der Waals surface area contributed by atoms with E-state index in [0.29, 0.717) is 0 Å². The number of carbonyl (C=O) groups excluding carboxylic acids is 1. The molecule has 0 aliphatic heterocycles. The number of methoxy groups -OCH3 is 1. The molecular formula is C15H23BrO3Si. The fourth-order valence-corrected chi connectivity index (χ4v) is 2.83. The molecule has 0 N–H and O–H groups in total. The zero-order valence-corrected chi connectivity index (χ0v) is 15.6. The molecule has 0 atom stereocenters. The summed E-state index contributed by atoms with van der Waals surface area (Å²) in [5, 5.41) is 0.141. The molecule has 0 aromatic heterocycles. The molecule has 3 nitrogen and oxygen atoms in total. The van der Waals surface area contributed by atoms with Crippen LogP contribution in [0.5, 0.6) is 5.75 Å². The molecule has 0 saturated heterocycles. The number of hydrogen-bond acceptors (Lipinski definition) is 3. The lowest BCUT2D eigenvalue weighted by Crippen LogP contribution is -2.43. The van der Waals surface area contributed by atoms with Crippen LogP contribution >= 0.6 is 15.9 Å². The molecule has 0 radical (unpaired) electrons. The molecule has 0 saturated carbocycles. The second-order valence-corrected chi connectivity index (χ2v) is 11.9. The second kappa shape index (κ2) is 6.31. The first kappa shape index (κ1) is 17.2. The van der Waals surface area contributed by atoms with Crippen LogP contribution in [-0.2, 0) is 16.0 Å². The average molecular weight is 359 g/mol. The maximum absolute atomic E-state index is 11.4. The molecular weight excluding hydrogens is 336 g/mol. The van der Waals surface area contributed by atoms with E-state index in [1.807, 2.05) is 18.2 Å². The van der Waals surface area contributed by atoms with Gasteiger partial charge in [-0.25, -0.2) is 0 Å². The maximum Gasteiger partial charge on any atom is 0.310 e. The van der Waals surface area contributed by atoms with E-state index in [2.05, 4.69) is 49.8 Å². The van der Waals surface area contributed by atoms with Crippen molar-refractivity contribution < 1.29 is 14.0 Å². The predicted octanol–water partition coefficient (Wildman–Crippen LogP) is 4.55. The number of carbonyl (C=O) groups is 1. The summed E-state index contributed by atoms with van der Waals surface area (Å²) in [6, 6.07) is 5.77. The van der Waals surface area contributed by atoms with Gasteiger partial charge in [-0.05, 0) is 41.9 Å². The van der Waals surface area contributed by atoms with E-state index in [1.165, 1.54) is 7.11 Å². The maximum atomic E-state index is 11.4. The normalized spacial score (nSPS) is 12.2. The van der Waals surface area contributed by atoms with Gasteiger partial charge in [-0.2, -0.15) is 0 Å². The van der Waals surface area contributed by atoms with Crippen molar-refractivity contribution in [1.29, 1.82) is 0 Å². The minimum Gasteiger partial charge on any atom is -0.543 e. The Balaban J connectivity index is 2.99. The van der Waals surface area contributed by atoms with Crippen molar-refractivity contribution in [3.63, 3.8) is 0 Å². The summed E-state index contributed by atoms with van der Waals surface area (Å²) in [7, 11) is -0.471. The van der Waals surface area contributed by atoms with Gasteiger partial charge in [0.05, 0.1) is 13.5 Å². The van der Waals surface area contributed by atoms with Gasteiger partial charge in [-0.3, -0.25) is 4.79 Å². The van der Waals surface area contributed by atoms with Gasteiger partial charge in [0.15, 0.2) is 0 Å². The fraction of sp³-hybridized carbons (Fsp3) is 0.533. The van der Waals surface area contributed by atoms with Gasteiger partial charge in [0.2, 0.25) is 8.32 Å². The summed E-state index contributed by atoms with van der Waals surface area (Å²) < 4.78 is 11.8. The van der Waals surface area contributed by atoms with E-state index in [9.17, 15) is 4.79 Å². The molecule has 0 heterocycles. The summed E-state index contributed by atoms with van der Waals surface area (Å²) in [5.74, 6) is 0.564. The highest BCUT2D eigenvalue weighted by Gasteiger charge is 2.39. The first-order chi connectivity index (χ1) is 9.06. The summed E-state index contributed by atoms with van der Waals surface area (Å²) in [4.78, 5) is 11.4. The zero-order valence-electron chi connectivity index (χ0n) is 13.0.